The van der Waals surface area contributed by atoms with E-state index < -0.39 is 21.6 Å². The molecule has 144 valence electrons. The zero-order valence-corrected chi connectivity index (χ0v) is 15.3. The Bertz CT molecular complexity index is 768. The van der Waals surface area contributed by atoms with E-state index in [1.54, 1.807) is 12.3 Å². The lowest BCUT2D eigenvalue weighted by Gasteiger charge is -2.16. The number of nitrogens with zero attached hydrogens (tertiary/aromatic N) is 1. The van der Waals surface area contributed by atoms with Crippen molar-refractivity contribution in [1.29, 1.82) is 0 Å². The lowest BCUT2D eigenvalue weighted by Crippen LogP contribution is -2.14. The molecule has 0 amide bonds. The molecule has 0 saturated heterocycles. The Morgan fingerprint density at radius 3 is 2.62 bits per heavy atom. The molecule has 8 heteroatoms. The quantitative estimate of drug-likeness (QED) is 0.274. The van der Waals surface area contributed by atoms with E-state index in [2.05, 4.69) is 11.7 Å². The van der Waals surface area contributed by atoms with Gasteiger partial charge in [-0.3, -0.25) is 0 Å². The maximum Gasteiger partial charge on any atom is 0.416 e. The minimum atomic E-state index is -4.59. The molecule has 0 aliphatic heterocycles. The van der Waals surface area contributed by atoms with Crippen molar-refractivity contribution in [1.82, 2.24) is 0 Å². The fourth-order valence-electron chi connectivity index (χ4n) is 2.73. The summed E-state index contributed by atoms with van der Waals surface area (Å²) >= 11 is 0. The highest BCUT2D eigenvalue weighted by molar-refractivity contribution is 7.90. The van der Waals surface area contributed by atoms with Crippen LogP contribution in [0.15, 0.2) is 40.9 Å². The number of alkyl halides is 3. The minimum Gasteiger partial charge on any atom is -0.392 e. The van der Waals surface area contributed by atoms with Crippen LogP contribution in [0.2, 0.25) is 0 Å². The molecule has 0 aromatic heterocycles. The lowest BCUT2D eigenvalue weighted by molar-refractivity contribution is -0.137. The number of halogens is 3. The number of rotatable bonds is 9. The molecule has 0 heterocycles. The fourth-order valence-corrected chi connectivity index (χ4v) is 3.70. The first-order chi connectivity index (χ1) is 12.1. The van der Waals surface area contributed by atoms with Crippen LogP contribution in [-0.2, 0) is 27.3 Å². The first kappa shape index (κ1) is 20.5. The number of hydrogen-bond donors (Lipinski definition) is 0. The number of hydrogen-bond acceptors (Lipinski definition) is 4. The van der Waals surface area contributed by atoms with Gasteiger partial charge in [-0.1, -0.05) is 36.7 Å². The molecular formula is C18H22F3NO3S. The van der Waals surface area contributed by atoms with Crippen LogP contribution in [0.1, 0.15) is 30.4 Å². The summed E-state index contributed by atoms with van der Waals surface area (Å²) in [6.07, 6.45) is 2.77. The second-order valence-electron chi connectivity index (χ2n) is 6.57. The highest BCUT2D eigenvalue weighted by Crippen LogP contribution is 2.37. The van der Waals surface area contributed by atoms with Gasteiger partial charge in [-0.05, 0) is 36.5 Å². The Morgan fingerprint density at radius 2 is 2.08 bits per heavy atom. The summed E-state index contributed by atoms with van der Waals surface area (Å²) in [6.45, 7) is 3.76. The Kier molecular flexibility index (Phi) is 6.49. The predicted molar refractivity (Wildman–Crippen MR) is 93.7 cm³/mol. The van der Waals surface area contributed by atoms with Crippen LogP contribution in [0.25, 0.3) is 0 Å². The highest BCUT2D eigenvalue weighted by Gasteiger charge is 2.33. The van der Waals surface area contributed by atoms with Crippen LogP contribution in [0, 0.1) is 11.8 Å². The smallest absolute Gasteiger partial charge is 0.392 e. The second kappa shape index (κ2) is 8.24. The molecule has 1 fully saturated rings. The van der Waals surface area contributed by atoms with Gasteiger partial charge in [0.05, 0.1) is 10.5 Å². The first-order valence-corrected chi connectivity index (χ1v) is 10.2. The molecule has 1 aromatic rings. The summed E-state index contributed by atoms with van der Waals surface area (Å²) in [5.41, 5.74) is -0.607. The summed E-state index contributed by atoms with van der Waals surface area (Å²) in [5.74, 6) is 0.437. The van der Waals surface area contributed by atoms with E-state index in [0.29, 0.717) is 17.5 Å². The van der Waals surface area contributed by atoms with Gasteiger partial charge >= 0.3 is 6.18 Å². The van der Waals surface area contributed by atoms with Crippen LogP contribution in [-0.4, -0.2) is 27.5 Å². The standard InChI is InChI=1S/C18H22F3NO3S/c1-3-8-25-22-12-14(9-13-4-5-13)10-15-6-7-16(18(19,20)21)11-17(15)26(2,23)24/h3,6-7,11-14H,1,4-5,8-10H2,2H3. The number of oxime groups is 1. The van der Waals surface area contributed by atoms with Gasteiger partial charge in [0.15, 0.2) is 9.84 Å². The molecule has 1 unspecified atom stereocenters. The van der Waals surface area contributed by atoms with Crippen LogP contribution in [0.4, 0.5) is 13.2 Å². The van der Waals surface area contributed by atoms with E-state index in [-0.39, 0.29) is 23.8 Å². The third kappa shape index (κ3) is 6.16. The van der Waals surface area contributed by atoms with Gasteiger partial charge in [0.2, 0.25) is 0 Å². The summed E-state index contributed by atoms with van der Waals surface area (Å²) < 4.78 is 62.8. The summed E-state index contributed by atoms with van der Waals surface area (Å²) in [7, 11) is -3.79. The van der Waals surface area contributed by atoms with Crippen LogP contribution in [0.5, 0.6) is 0 Å². The number of sulfone groups is 1. The van der Waals surface area contributed by atoms with Gasteiger partial charge in [0.1, 0.15) is 6.61 Å². The molecule has 0 bridgehead atoms. The van der Waals surface area contributed by atoms with E-state index in [4.69, 9.17) is 4.84 Å². The molecule has 1 saturated carbocycles. The molecule has 0 N–H and O–H groups in total. The minimum absolute atomic E-state index is 0.107. The summed E-state index contributed by atoms with van der Waals surface area (Å²) in [4.78, 5) is 4.71. The zero-order valence-electron chi connectivity index (χ0n) is 14.5. The SMILES string of the molecule is C=CCON=CC(Cc1ccc(C(F)(F)F)cc1S(C)(=O)=O)CC1CC1. The van der Waals surface area contributed by atoms with Crippen molar-refractivity contribution < 1.29 is 26.4 Å². The van der Waals surface area contributed by atoms with Gasteiger partial charge in [-0.15, -0.1) is 0 Å². The lowest BCUT2D eigenvalue weighted by atomic mass is 9.94. The Morgan fingerprint density at radius 1 is 1.38 bits per heavy atom. The molecule has 2 rings (SSSR count). The average molecular weight is 389 g/mol. The normalized spacial score (nSPS) is 16.6. The van der Waals surface area contributed by atoms with Gasteiger partial charge in [-0.25, -0.2) is 8.42 Å². The Hall–Kier alpha value is -1.83. The van der Waals surface area contributed by atoms with E-state index in [1.807, 2.05) is 0 Å². The third-order valence-corrected chi connectivity index (χ3v) is 5.33. The van der Waals surface area contributed by atoms with Crippen molar-refractivity contribution in [2.24, 2.45) is 17.0 Å². The molecule has 1 aliphatic carbocycles. The molecule has 26 heavy (non-hydrogen) atoms. The zero-order chi connectivity index (χ0) is 19.4. The second-order valence-corrected chi connectivity index (χ2v) is 8.56. The van der Waals surface area contributed by atoms with Gasteiger partial charge in [0.25, 0.3) is 0 Å². The van der Waals surface area contributed by atoms with Crippen LogP contribution < -0.4 is 0 Å². The molecule has 1 atom stereocenters. The van der Waals surface area contributed by atoms with Crippen molar-refractivity contribution in [2.75, 3.05) is 12.9 Å². The topological polar surface area (TPSA) is 55.7 Å². The molecule has 4 nitrogen and oxygen atoms in total. The molecule has 0 radical (unpaired) electrons. The predicted octanol–water partition coefficient (Wildman–Crippen LogP) is 4.26. The van der Waals surface area contributed by atoms with Crippen molar-refractivity contribution in [3.63, 3.8) is 0 Å². The van der Waals surface area contributed by atoms with Crippen LogP contribution >= 0.6 is 0 Å². The Balaban J connectivity index is 2.28. The van der Waals surface area contributed by atoms with Crippen LogP contribution in [0.3, 0.4) is 0 Å². The van der Waals surface area contributed by atoms with E-state index in [1.165, 1.54) is 6.07 Å². The van der Waals surface area contributed by atoms with Gasteiger partial charge in [0, 0.05) is 18.4 Å². The summed E-state index contributed by atoms with van der Waals surface area (Å²) in [6, 6.07) is 2.88. The highest BCUT2D eigenvalue weighted by atomic mass is 32.2. The molecule has 0 spiro atoms. The Labute approximate surface area is 151 Å². The average Bonchev–Trinajstić information content (AvgIpc) is 3.33. The van der Waals surface area contributed by atoms with E-state index in [9.17, 15) is 21.6 Å². The van der Waals surface area contributed by atoms with Crippen molar-refractivity contribution >= 4 is 16.1 Å². The van der Waals surface area contributed by atoms with Gasteiger partial charge in [-0.2, -0.15) is 13.2 Å². The molecule has 1 aromatic carbocycles. The monoisotopic (exact) mass is 389 g/mol. The van der Waals surface area contributed by atoms with E-state index in [0.717, 1.165) is 31.6 Å². The van der Waals surface area contributed by atoms with Crippen molar-refractivity contribution in [3.05, 3.63) is 42.0 Å². The number of benzene rings is 1. The maximum atomic E-state index is 12.9. The fraction of sp³-hybridized carbons (Fsp3) is 0.500. The van der Waals surface area contributed by atoms with Crippen molar-refractivity contribution in [3.8, 4) is 0 Å². The molecule has 1 aliphatic rings. The largest absolute Gasteiger partial charge is 0.416 e. The third-order valence-electron chi connectivity index (χ3n) is 4.15. The van der Waals surface area contributed by atoms with Crippen molar-refractivity contribution in [2.45, 2.75) is 36.8 Å². The van der Waals surface area contributed by atoms with Gasteiger partial charge < -0.3 is 4.84 Å². The summed E-state index contributed by atoms with van der Waals surface area (Å²) in [5, 5.41) is 3.86. The first-order valence-electron chi connectivity index (χ1n) is 8.27. The maximum absolute atomic E-state index is 12.9. The molecular weight excluding hydrogens is 367 g/mol. The van der Waals surface area contributed by atoms with E-state index >= 15 is 0 Å².